The Kier molecular flexibility index (Phi) is 3.58. The van der Waals surface area contributed by atoms with E-state index in [0.717, 1.165) is 23.2 Å². The van der Waals surface area contributed by atoms with Crippen LogP contribution in [0, 0.1) is 11.6 Å². The molecule has 0 aliphatic carbocycles. The van der Waals surface area contributed by atoms with Crippen LogP contribution in [-0.4, -0.2) is 15.9 Å². The number of aromatic amines is 1. The summed E-state index contributed by atoms with van der Waals surface area (Å²) >= 11 is 0. The van der Waals surface area contributed by atoms with Crippen LogP contribution in [0.25, 0.3) is 11.0 Å². The number of amides is 1. The van der Waals surface area contributed by atoms with Crippen LogP contribution in [-0.2, 0) is 0 Å². The zero-order chi connectivity index (χ0) is 15.7. The van der Waals surface area contributed by atoms with Gasteiger partial charge in [0.2, 0.25) is 0 Å². The van der Waals surface area contributed by atoms with E-state index < -0.39 is 23.6 Å². The molecule has 3 rings (SSSR count). The molecule has 0 bridgehead atoms. The first-order chi connectivity index (χ1) is 10.5. The topological polar surface area (TPSA) is 57.8 Å². The maximum absolute atomic E-state index is 13.2. The third kappa shape index (κ3) is 2.67. The second kappa shape index (κ2) is 5.55. The largest absolute Gasteiger partial charge is 0.342 e. The molecule has 1 heterocycles. The molecule has 1 unspecified atom stereocenters. The van der Waals surface area contributed by atoms with E-state index in [-0.39, 0.29) is 5.56 Å². The van der Waals surface area contributed by atoms with Gasteiger partial charge in [0.25, 0.3) is 5.91 Å². The summed E-state index contributed by atoms with van der Waals surface area (Å²) in [4.78, 5) is 19.6. The molecule has 22 heavy (non-hydrogen) atoms. The molecule has 3 aromatic rings. The van der Waals surface area contributed by atoms with Crippen LogP contribution in [0.4, 0.5) is 8.78 Å². The number of hydrogen-bond acceptors (Lipinski definition) is 2. The van der Waals surface area contributed by atoms with Crippen LogP contribution in [0.3, 0.4) is 0 Å². The zero-order valence-corrected chi connectivity index (χ0v) is 11.7. The summed E-state index contributed by atoms with van der Waals surface area (Å²) in [5.41, 5.74) is 1.72. The van der Waals surface area contributed by atoms with Gasteiger partial charge >= 0.3 is 0 Å². The number of carbonyl (C=O) groups is 1. The summed E-state index contributed by atoms with van der Waals surface area (Å²) in [6, 6.07) is 10.1. The Morgan fingerprint density at radius 3 is 2.68 bits per heavy atom. The molecular formula is C16H13F2N3O. The van der Waals surface area contributed by atoms with E-state index >= 15 is 0 Å². The number of nitrogens with one attached hydrogen (secondary N) is 2. The van der Waals surface area contributed by atoms with Crippen LogP contribution in [0.5, 0.6) is 0 Å². The fraction of sp³-hybridized carbons (Fsp3) is 0.125. The number of halogens is 2. The number of aromatic nitrogens is 2. The van der Waals surface area contributed by atoms with E-state index in [2.05, 4.69) is 15.3 Å². The van der Waals surface area contributed by atoms with Gasteiger partial charge in [-0.3, -0.25) is 4.79 Å². The second-order valence-electron chi connectivity index (χ2n) is 4.96. The molecule has 4 nitrogen and oxygen atoms in total. The lowest BCUT2D eigenvalue weighted by atomic mass is 10.2. The van der Waals surface area contributed by atoms with Crippen molar-refractivity contribution in [2.45, 2.75) is 13.0 Å². The van der Waals surface area contributed by atoms with Crippen LogP contribution >= 0.6 is 0 Å². The number of carbonyl (C=O) groups excluding carboxylic acids is 1. The number of hydrogen-bond donors (Lipinski definition) is 2. The van der Waals surface area contributed by atoms with E-state index in [9.17, 15) is 13.6 Å². The quantitative estimate of drug-likeness (QED) is 0.779. The normalized spacial score (nSPS) is 12.3. The average Bonchev–Trinajstić information content (AvgIpc) is 2.94. The summed E-state index contributed by atoms with van der Waals surface area (Å²) in [6.45, 7) is 1.76. The van der Waals surface area contributed by atoms with Crippen molar-refractivity contribution in [1.82, 2.24) is 15.3 Å². The third-order valence-electron chi connectivity index (χ3n) is 3.35. The van der Waals surface area contributed by atoms with Gasteiger partial charge < -0.3 is 10.3 Å². The van der Waals surface area contributed by atoms with Crippen molar-refractivity contribution in [1.29, 1.82) is 0 Å². The van der Waals surface area contributed by atoms with Gasteiger partial charge in [0, 0.05) is 5.56 Å². The van der Waals surface area contributed by atoms with Gasteiger partial charge in [0.05, 0.1) is 17.1 Å². The maximum atomic E-state index is 13.2. The number of benzene rings is 2. The molecule has 0 radical (unpaired) electrons. The lowest BCUT2D eigenvalue weighted by molar-refractivity contribution is 0.0938. The van der Waals surface area contributed by atoms with Gasteiger partial charge in [0.15, 0.2) is 11.6 Å². The molecule has 0 saturated carbocycles. The monoisotopic (exact) mass is 301 g/mol. The number of H-pyrrole nitrogens is 1. The third-order valence-corrected chi connectivity index (χ3v) is 3.35. The Morgan fingerprint density at radius 1 is 1.18 bits per heavy atom. The van der Waals surface area contributed by atoms with Crippen LogP contribution < -0.4 is 5.32 Å². The Hall–Kier alpha value is -2.76. The molecule has 0 saturated heterocycles. The van der Waals surface area contributed by atoms with Crippen molar-refractivity contribution in [3.05, 3.63) is 65.5 Å². The van der Waals surface area contributed by atoms with Gasteiger partial charge in [-0.1, -0.05) is 12.1 Å². The molecule has 6 heteroatoms. The highest BCUT2D eigenvalue weighted by Gasteiger charge is 2.16. The van der Waals surface area contributed by atoms with Crippen LogP contribution in [0.15, 0.2) is 42.5 Å². The highest BCUT2D eigenvalue weighted by Crippen LogP contribution is 2.16. The van der Waals surface area contributed by atoms with E-state index in [0.29, 0.717) is 5.82 Å². The van der Waals surface area contributed by atoms with Crippen molar-refractivity contribution in [2.75, 3.05) is 0 Å². The lowest BCUT2D eigenvalue weighted by Crippen LogP contribution is -2.27. The van der Waals surface area contributed by atoms with Crippen molar-refractivity contribution >= 4 is 16.9 Å². The Bertz CT molecular complexity index is 811. The maximum Gasteiger partial charge on any atom is 0.251 e. The lowest BCUT2D eigenvalue weighted by Gasteiger charge is -2.11. The molecule has 112 valence electrons. The van der Waals surface area contributed by atoms with Crippen molar-refractivity contribution in [3.63, 3.8) is 0 Å². The van der Waals surface area contributed by atoms with E-state index in [1.54, 1.807) is 6.92 Å². The fourth-order valence-corrected chi connectivity index (χ4v) is 2.16. The highest BCUT2D eigenvalue weighted by atomic mass is 19.2. The van der Waals surface area contributed by atoms with Gasteiger partial charge in [0.1, 0.15) is 5.82 Å². The molecule has 2 aromatic carbocycles. The standard InChI is InChI=1S/C16H13F2N3O/c1-9(15-20-13-4-2-3-5-14(13)21-15)19-16(22)10-6-7-11(17)12(18)8-10/h2-9H,1H3,(H,19,22)(H,20,21). The average molecular weight is 301 g/mol. The first kappa shape index (κ1) is 14.2. The van der Waals surface area contributed by atoms with E-state index in [4.69, 9.17) is 0 Å². The minimum absolute atomic E-state index is 0.0573. The molecule has 0 spiro atoms. The summed E-state index contributed by atoms with van der Waals surface area (Å²) in [7, 11) is 0. The molecule has 1 amide bonds. The number of fused-ring (bicyclic) bond motifs is 1. The summed E-state index contributed by atoms with van der Waals surface area (Å²) in [5, 5.41) is 2.70. The number of nitrogens with zero attached hydrogens (tertiary/aromatic N) is 1. The molecule has 0 aliphatic heterocycles. The predicted molar refractivity (Wildman–Crippen MR) is 78.3 cm³/mol. The number of para-hydroxylation sites is 2. The molecule has 2 N–H and O–H groups in total. The van der Waals surface area contributed by atoms with Crippen LogP contribution in [0.1, 0.15) is 29.1 Å². The van der Waals surface area contributed by atoms with Crippen LogP contribution in [0.2, 0.25) is 0 Å². The molecule has 1 atom stereocenters. The van der Waals surface area contributed by atoms with Gasteiger partial charge in [-0.2, -0.15) is 0 Å². The van der Waals surface area contributed by atoms with Crippen molar-refractivity contribution < 1.29 is 13.6 Å². The van der Waals surface area contributed by atoms with E-state index in [1.807, 2.05) is 24.3 Å². The molecule has 0 fully saturated rings. The summed E-state index contributed by atoms with van der Waals surface area (Å²) in [5.74, 6) is -1.94. The summed E-state index contributed by atoms with van der Waals surface area (Å²) < 4.78 is 26.1. The molecule has 1 aromatic heterocycles. The first-order valence-corrected chi connectivity index (χ1v) is 6.75. The number of imidazole rings is 1. The Morgan fingerprint density at radius 2 is 1.95 bits per heavy atom. The number of rotatable bonds is 3. The van der Waals surface area contributed by atoms with Gasteiger partial charge in [-0.05, 0) is 37.3 Å². The molecular weight excluding hydrogens is 288 g/mol. The van der Waals surface area contributed by atoms with Gasteiger partial charge in [-0.15, -0.1) is 0 Å². The van der Waals surface area contributed by atoms with Crippen molar-refractivity contribution in [3.8, 4) is 0 Å². The smallest absolute Gasteiger partial charge is 0.251 e. The zero-order valence-electron chi connectivity index (χ0n) is 11.7. The van der Waals surface area contributed by atoms with Crippen molar-refractivity contribution in [2.24, 2.45) is 0 Å². The Balaban J connectivity index is 1.79. The molecule has 0 aliphatic rings. The predicted octanol–water partition coefficient (Wildman–Crippen LogP) is 3.33. The first-order valence-electron chi connectivity index (χ1n) is 6.75. The van der Waals surface area contributed by atoms with E-state index in [1.165, 1.54) is 6.07 Å². The minimum Gasteiger partial charge on any atom is -0.342 e. The highest BCUT2D eigenvalue weighted by molar-refractivity contribution is 5.94. The minimum atomic E-state index is -1.05. The Labute approximate surface area is 125 Å². The van der Waals surface area contributed by atoms with Gasteiger partial charge in [-0.25, -0.2) is 13.8 Å². The fourth-order valence-electron chi connectivity index (χ4n) is 2.16. The summed E-state index contributed by atoms with van der Waals surface area (Å²) in [6.07, 6.45) is 0. The SMILES string of the molecule is CC(NC(=O)c1ccc(F)c(F)c1)c1nc2ccccc2[nH]1. The second-order valence-corrected chi connectivity index (χ2v) is 4.96.